The zero-order valence-corrected chi connectivity index (χ0v) is 39.7. The molecule has 0 amide bonds. The second-order valence-corrected chi connectivity index (χ2v) is 19.6. The molecule has 18 heteroatoms. The number of carbonyl (C=O) groups is 2. The predicted molar refractivity (Wildman–Crippen MR) is 249 cm³/mol. The third-order valence-electron chi connectivity index (χ3n) is 10.3. The van der Waals surface area contributed by atoms with E-state index in [1.807, 2.05) is 54.5 Å². The number of aromatic nitrogens is 4. The van der Waals surface area contributed by atoms with Crippen LogP contribution in [0.15, 0.2) is 63.7 Å². The van der Waals surface area contributed by atoms with E-state index in [0.29, 0.717) is 37.5 Å². The van der Waals surface area contributed by atoms with Crippen LogP contribution >= 0.6 is 11.3 Å². The lowest BCUT2D eigenvalue weighted by Crippen LogP contribution is -2.40. The average molecular weight is 905 g/mol. The second kappa shape index (κ2) is 18.7. The Morgan fingerprint density at radius 3 is 2.00 bits per heavy atom. The highest BCUT2D eigenvalue weighted by Gasteiger charge is 2.32. The number of esters is 2. The highest BCUT2D eigenvalue weighted by atomic mass is 32.2. The summed E-state index contributed by atoms with van der Waals surface area (Å²) in [5, 5.41) is 32.4. The van der Waals surface area contributed by atoms with Crippen LogP contribution in [0.25, 0.3) is 15.3 Å². The summed E-state index contributed by atoms with van der Waals surface area (Å²) in [7, 11) is -3.29. The van der Waals surface area contributed by atoms with Crippen molar-refractivity contribution in [2.75, 3.05) is 37.4 Å². The third kappa shape index (κ3) is 9.96. The van der Waals surface area contributed by atoms with E-state index in [2.05, 4.69) is 61.7 Å². The maximum absolute atomic E-state index is 13.9. The molecule has 0 aliphatic heterocycles. The number of nitrogens with zero attached hydrogens (tertiary/aromatic N) is 8. The van der Waals surface area contributed by atoms with E-state index < -0.39 is 40.5 Å². The number of hydrogen-bond donors (Lipinski definition) is 2. The lowest BCUT2D eigenvalue weighted by atomic mass is 9.90. The Morgan fingerprint density at radius 1 is 0.844 bits per heavy atom. The number of nitriles is 1. The highest BCUT2D eigenvalue weighted by Crippen LogP contribution is 2.40. The fourth-order valence-corrected chi connectivity index (χ4v) is 9.77. The van der Waals surface area contributed by atoms with Crippen LogP contribution in [0.3, 0.4) is 0 Å². The van der Waals surface area contributed by atoms with Crippen molar-refractivity contribution in [1.29, 1.82) is 5.26 Å². The maximum atomic E-state index is 13.9. The van der Waals surface area contributed by atoms with Gasteiger partial charge in [0.1, 0.15) is 36.2 Å². The summed E-state index contributed by atoms with van der Waals surface area (Å²) in [6.45, 7) is 20.2. The number of rotatable bonds is 14. The summed E-state index contributed by atoms with van der Waals surface area (Å²) < 4.78 is 40.0. The molecule has 334 valence electrons. The Morgan fingerprint density at radius 2 is 1.44 bits per heavy atom. The fraction of sp³-hybridized carbons (Fsp3) is 0.348. The van der Waals surface area contributed by atoms with Crippen molar-refractivity contribution in [2.24, 2.45) is 10.2 Å². The van der Waals surface area contributed by atoms with E-state index in [1.165, 1.54) is 22.9 Å². The molecule has 0 spiro atoms. The number of carbonyl (C=O) groups excluding carboxylic acids is 2. The number of hydrogen-bond acceptors (Lipinski definition) is 15. The third-order valence-corrected chi connectivity index (χ3v) is 13.1. The summed E-state index contributed by atoms with van der Waals surface area (Å²) in [6, 6.07) is 16.9. The number of sulfonamides is 1. The van der Waals surface area contributed by atoms with Crippen LogP contribution in [-0.4, -0.2) is 71.2 Å². The second-order valence-electron chi connectivity index (χ2n) is 16.6. The first-order valence-electron chi connectivity index (χ1n) is 20.4. The van der Waals surface area contributed by atoms with Crippen LogP contribution in [0.2, 0.25) is 0 Å². The predicted octanol–water partition coefficient (Wildman–Crippen LogP) is 9.83. The number of pyridine rings is 1. The molecule has 0 aliphatic rings. The van der Waals surface area contributed by atoms with E-state index in [-0.39, 0.29) is 28.0 Å². The SMILES string of the molecule is CCOC(=O)CN(CC(=O)OC)S(=O)(=O)c1ccc2nc(-n3nc(C(C)(C)C)c(C#N)c3N=Nc3c(C)cc(Nc4c(C)cc(C)cc4C)nc3Nc3c(C)cc(C)cc3C)sc2c1. The number of ether oxygens (including phenoxy) is 2. The van der Waals surface area contributed by atoms with Crippen LogP contribution in [0.5, 0.6) is 0 Å². The number of methoxy groups -OCH3 is 1. The molecule has 0 aliphatic carbocycles. The van der Waals surface area contributed by atoms with Gasteiger partial charge in [0.15, 0.2) is 11.6 Å². The topological polar surface area (TPSA) is 206 Å². The van der Waals surface area contributed by atoms with Gasteiger partial charge in [0, 0.05) is 16.8 Å². The van der Waals surface area contributed by atoms with E-state index in [4.69, 9.17) is 34.8 Å². The molecule has 3 heterocycles. The summed E-state index contributed by atoms with van der Waals surface area (Å²) in [5.74, 6) is -0.541. The molecule has 64 heavy (non-hydrogen) atoms. The highest BCUT2D eigenvalue weighted by molar-refractivity contribution is 7.89. The van der Waals surface area contributed by atoms with Crippen molar-refractivity contribution in [2.45, 2.75) is 86.5 Å². The van der Waals surface area contributed by atoms with E-state index in [9.17, 15) is 23.3 Å². The van der Waals surface area contributed by atoms with Crippen LogP contribution in [0.4, 0.5) is 34.5 Å². The maximum Gasteiger partial charge on any atom is 0.321 e. The van der Waals surface area contributed by atoms with Crippen molar-refractivity contribution < 1.29 is 27.5 Å². The Labute approximate surface area is 377 Å². The Balaban J connectivity index is 1.48. The largest absolute Gasteiger partial charge is 0.468 e. The smallest absolute Gasteiger partial charge is 0.321 e. The van der Waals surface area contributed by atoms with E-state index in [1.54, 1.807) is 6.92 Å². The van der Waals surface area contributed by atoms with Crippen LogP contribution in [-0.2, 0) is 34.5 Å². The lowest BCUT2D eigenvalue weighted by molar-refractivity contribution is -0.145. The number of fused-ring (bicyclic) bond motifs is 1. The number of anilines is 4. The minimum absolute atomic E-state index is 0.0269. The molecule has 0 saturated carbocycles. The van der Waals surface area contributed by atoms with Crippen molar-refractivity contribution in [3.8, 4) is 11.2 Å². The molecule has 0 fully saturated rings. The van der Waals surface area contributed by atoms with Crippen molar-refractivity contribution in [1.82, 2.24) is 24.1 Å². The van der Waals surface area contributed by atoms with Gasteiger partial charge in [-0.15, -0.1) is 10.2 Å². The van der Waals surface area contributed by atoms with Gasteiger partial charge in [-0.3, -0.25) is 9.59 Å². The number of nitrogens with one attached hydrogen (secondary N) is 2. The number of aryl methyl sites for hydroxylation is 7. The Kier molecular flexibility index (Phi) is 13.7. The van der Waals surface area contributed by atoms with Gasteiger partial charge in [-0.25, -0.2) is 18.4 Å². The van der Waals surface area contributed by atoms with Gasteiger partial charge in [-0.2, -0.15) is 19.3 Å². The van der Waals surface area contributed by atoms with Crippen LogP contribution in [0.1, 0.15) is 77.9 Å². The van der Waals surface area contributed by atoms with Crippen LogP contribution < -0.4 is 10.6 Å². The standard InChI is InChI=1S/C46H52N10O6S2/c1-13-62-38(58)24-55(23-37(57)61-12)64(59,60)32-14-15-34-35(21-32)63-45(48-34)56-44(33(22-47)42(54-56)46(9,10)11)53-52-41-31(8)20-36(49-39-27(4)16-25(2)17-28(39)5)50-43(41)51-40-29(6)18-26(3)19-30(40)7/h14-21H,13,23-24H2,1-12H3,(H2,49,50,51). The van der Waals surface area contributed by atoms with Crippen LogP contribution in [0, 0.1) is 59.8 Å². The molecule has 0 atom stereocenters. The number of azo groups is 1. The Bertz CT molecular complexity index is 2950. The minimum Gasteiger partial charge on any atom is -0.468 e. The molecule has 0 saturated heterocycles. The number of benzene rings is 3. The summed E-state index contributed by atoms with van der Waals surface area (Å²) in [4.78, 5) is 34.3. The average Bonchev–Trinajstić information content (AvgIpc) is 3.81. The normalized spacial score (nSPS) is 11.9. The molecule has 0 radical (unpaired) electrons. The lowest BCUT2D eigenvalue weighted by Gasteiger charge is -2.20. The van der Waals surface area contributed by atoms with Gasteiger partial charge >= 0.3 is 11.9 Å². The molecule has 16 nitrogen and oxygen atoms in total. The van der Waals surface area contributed by atoms with Gasteiger partial charge in [-0.1, -0.05) is 67.5 Å². The monoisotopic (exact) mass is 904 g/mol. The van der Waals surface area contributed by atoms with E-state index in [0.717, 1.165) is 68.8 Å². The molecular weight excluding hydrogens is 853 g/mol. The zero-order chi connectivity index (χ0) is 46.8. The van der Waals surface area contributed by atoms with Crippen molar-refractivity contribution in [3.05, 3.63) is 98.7 Å². The van der Waals surface area contributed by atoms with Crippen molar-refractivity contribution in [3.63, 3.8) is 0 Å². The summed E-state index contributed by atoms with van der Waals surface area (Å²) in [5.41, 5.74) is 9.93. The summed E-state index contributed by atoms with van der Waals surface area (Å²) in [6.07, 6.45) is 0. The summed E-state index contributed by atoms with van der Waals surface area (Å²) >= 11 is 1.11. The molecule has 3 aromatic heterocycles. The molecule has 3 aromatic carbocycles. The molecule has 0 unspecified atom stereocenters. The molecule has 0 bridgehead atoms. The molecule has 6 aromatic rings. The Hall–Kier alpha value is -6.55. The first-order valence-corrected chi connectivity index (χ1v) is 22.7. The molecule has 2 N–H and O–H groups in total. The first kappa shape index (κ1) is 46.9. The van der Waals surface area contributed by atoms with Crippen molar-refractivity contribution >= 4 is 78.0 Å². The fourth-order valence-electron chi connectivity index (χ4n) is 7.38. The van der Waals surface area contributed by atoms with Gasteiger partial charge in [0.05, 0.1) is 34.5 Å². The molecule has 6 rings (SSSR count). The van der Waals surface area contributed by atoms with E-state index >= 15 is 0 Å². The minimum atomic E-state index is -4.41. The van der Waals surface area contributed by atoms with Gasteiger partial charge in [0.2, 0.25) is 15.2 Å². The van der Waals surface area contributed by atoms with Gasteiger partial charge < -0.3 is 20.1 Å². The first-order chi connectivity index (χ1) is 30.1. The molecular formula is C46H52N10O6S2. The van der Waals surface area contributed by atoms with Gasteiger partial charge in [-0.05, 0) is 107 Å². The zero-order valence-electron chi connectivity index (χ0n) is 38.1. The quantitative estimate of drug-likeness (QED) is 0.0774. The number of thiazole rings is 1. The van der Waals surface area contributed by atoms with Gasteiger partial charge in [0.25, 0.3) is 0 Å².